The lowest BCUT2D eigenvalue weighted by Crippen LogP contribution is -2.40. The summed E-state index contributed by atoms with van der Waals surface area (Å²) >= 11 is 0. The molecule has 0 bridgehead atoms. The van der Waals surface area contributed by atoms with Crippen molar-refractivity contribution in [1.82, 2.24) is 9.55 Å². The molecule has 1 aliphatic heterocycles. The summed E-state index contributed by atoms with van der Waals surface area (Å²) in [4.78, 5) is 16.1. The minimum Gasteiger partial charge on any atom is -0.486 e. The van der Waals surface area contributed by atoms with Crippen LogP contribution in [0.15, 0.2) is 30.6 Å². The Balaban J connectivity index is 1.75. The predicted molar refractivity (Wildman–Crippen MR) is 79.5 cm³/mol. The van der Waals surface area contributed by atoms with Gasteiger partial charge in [0.25, 0.3) is 0 Å². The molecule has 116 valence electrons. The standard InChI is InChI=1S/C14H16N4O4/c1-16(14-13(18(19)20)15-9-17(14)2)7-10-8-21-11-5-3-4-6-12(11)22-10/h3-6,9-10H,7-8H2,1-2H3/t10-/m0/s1. The highest BCUT2D eigenvalue weighted by atomic mass is 16.6. The molecule has 0 spiro atoms. The van der Waals surface area contributed by atoms with E-state index in [1.807, 2.05) is 24.3 Å². The zero-order valence-corrected chi connectivity index (χ0v) is 12.3. The number of ether oxygens (including phenoxy) is 2. The third-order valence-corrected chi connectivity index (χ3v) is 3.47. The summed E-state index contributed by atoms with van der Waals surface area (Å²) in [5.41, 5.74) is 0. The van der Waals surface area contributed by atoms with Crippen molar-refractivity contribution in [3.63, 3.8) is 0 Å². The number of para-hydroxylation sites is 2. The van der Waals surface area contributed by atoms with Gasteiger partial charge in [-0.1, -0.05) is 12.1 Å². The summed E-state index contributed by atoms with van der Waals surface area (Å²) in [7, 11) is 3.49. The van der Waals surface area contributed by atoms with Crippen LogP contribution in [0.1, 0.15) is 0 Å². The zero-order valence-electron chi connectivity index (χ0n) is 12.3. The lowest BCUT2D eigenvalue weighted by atomic mass is 10.2. The van der Waals surface area contributed by atoms with Crippen LogP contribution in [0.2, 0.25) is 0 Å². The Labute approximate surface area is 127 Å². The molecule has 1 aromatic carbocycles. The van der Waals surface area contributed by atoms with E-state index in [2.05, 4.69) is 4.98 Å². The van der Waals surface area contributed by atoms with Crippen molar-refractivity contribution in [2.45, 2.75) is 6.10 Å². The Morgan fingerprint density at radius 2 is 2.18 bits per heavy atom. The average molecular weight is 304 g/mol. The predicted octanol–water partition coefficient (Wildman–Crippen LogP) is 1.60. The molecule has 0 fully saturated rings. The summed E-state index contributed by atoms with van der Waals surface area (Å²) in [6, 6.07) is 7.45. The van der Waals surface area contributed by atoms with Crippen LogP contribution in [0, 0.1) is 10.1 Å². The Kier molecular flexibility index (Phi) is 3.58. The first-order valence-corrected chi connectivity index (χ1v) is 6.81. The van der Waals surface area contributed by atoms with Crippen LogP contribution in [0.5, 0.6) is 11.5 Å². The van der Waals surface area contributed by atoms with E-state index in [0.717, 1.165) is 0 Å². The molecule has 8 nitrogen and oxygen atoms in total. The van der Waals surface area contributed by atoms with Gasteiger partial charge in [0.15, 0.2) is 17.6 Å². The topological polar surface area (TPSA) is 82.7 Å². The molecule has 2 aromatic rings. The maximum atomic E-state index is 11.0. The minimum atomic E-state index is -0.487. The number of nitro groups is 1. The normalized spacial score (nSPS) is 16.4. The van der Waals surface area contributed by atoms with Gasteiger partial charge in [0, 0.05) is 14.1 Å². The SMILES string of the molecule is CN(C[C@H]1COc2ccccc2O1)c1c([N+](=O)[O-])ncn1C. The molecule has 0 saturated carbocycles. The van der Waals surface area contributed by atoms with E-state index in [0.29, 0.717) is 30.5 Å². The van der Waals surface area contributed by atoms with Gasteiger partial charge >= 0.3 is 5.82 Å². The zero-order chi connectivity index (χ0) is 15.7. The molecule has 0 radical (unpaired) electrons. The summed E-state index contributed by atoms with van der Waals surface area (Å²) in [6.07, 6.45) is 1.21. The van der Waals surface area contributed by atoms with E-state index < -0.39 is 4.92 Å². The number of hydrogen-bond acceptors (Lipinski definition) is 6. The molecule has 22 heavy (non-hydrogen) atoms. The van der Waals surface area contributed by atoms with Gasteiger partial charge in [-0.25, -0.2) is 0 Å². The van der Waals surface area contributed by atoms with Gasteiger partial charge in [-0.3, -0.25) is 4.57 Å². The van der Waals surface area contributed by atoms with Crippen molar-refractivity contribution in [2.24, 2.45) is 7.05 Å². The second-order valence-electron chi connectivity index (χ2n) is 5.14. The molecule has 2 heterocycles. The van der Waals surface area contributed by atoms with E-state index in [9.17, 15) is 10.1 Å². The van der Waals surface area contributed by atoms with Gasteiger partial charge in [-0.2, -0.15) is 0 Å². The van der Waals surface area contributed by atoms with Crippen LogP contribution in [0.25, 0.3) is 0 Å². The molecule has 0 N–H and O–H groups in total. The monoisotopic (exact) mass is 304 g/mol. The fraction of sp³-hybridized carbons (Fsp3) is 0.357. The summed E-state index contributed by atoms with van der Waals surface area (Å²) in [5, 5.41) is 11.0. The smallest absolute Gasteiger partial charge is 0.406 e. The van der Waals surface area contributed by atoms with Gasteiger partial charge in [-0.05, 0) is 22.0 Å². The van der Waals surface area contributed by atoms with E-state index in [-0.39, 0.29) is 11.9 Å². The molecule has 8 heteroatoms. The number of fused-ring (bicyclic) bond motifs is 1. The van der Waals surface area contributed by atoms with E-state index in [1.165, 1.54) is 6.33 Å². The van der Waals surface area contributed by atoms with Gasteiger partial charge in [0.2, 0.25) is 12.1 Å². The quantitative estimate of drug-likeness (QED) is 0.630. The minimum absolute atomic E-state index is 0.165. The van der Waals surface area contributed by atoms with Crippen molar-refractivity contribution >= 4 is 11.6 Å². The molecule has 0 aliphatic carbocycles. The Hall–Kier alpha value is -2.77. The molecule has 0 amide bonds. The van der Waals surface area contributed by atoms with Gasteiger partial charge in [0.05, 0.1) is 6.54 Å². The van der Waals surface area contributed by atoms with E-state index >= 15 is 0 Å². The first kappa shape index (κ1) is 14.2. The number of nitrogens with zero attached hydrogens (tertiary/aromatic N) is 4. The van der Waals surface area contributed by atoms with Crippen molar-refractivity contribution in [3.05, 3.63) is 40.7 Å². The highest BCUT2D eigenvalue weighted by molar-refractivity contribution is 5.54. The van der Waals surface area contributed by atoms with Crippen LogP contribution >= 0.6 is 0 Å². The first-order chi connectivity index (χ1) is 10.6. The van der Waals surface area contributed by atoms with Gasteiger partial charge in [0.1, 0.15) is 6.61 Å². The number of aromatic nitrogens is 2. The second-order valence-corrected chi connectivity index (χ2v) is 5.14. The molecule has 0 saturated heterocycles. The van der Waals surface area contributed by atoms with Crippen LogP contribution in [-0.4, -0.2) is 40.8 Å². The molecule has 1 atom stereocenters. The lowest BCUT2D eigenvalue weighted by Gasteiger charge is -2.30. The number of imidazole rings is 1. The number of hydrogen-bond donors (Lipinski definition) is 0. The highest BCUT2D eigenvalue weighted by Crippen LogP contribution is 2.32. The van der Waals surface area contributed by atoms with Gasteiger partial charge < -0.3 is 24.5 Å². The molecular weight excluding hydrogens is 288 g/mol. The van der Waals surface area contributed by atoms with Crippen molar-refractivity contribution in [3.8, 4) is 11.5 Å². The van der Waals surface area contributed by atoms with Crippen molar-refractivity contribution < 1.29 is 14.4 Å². The molecule has 3 rings (SSSR count). The molecule has 0 unspecified atom stereocenters. The van der Waals surface area contributed by atoms with Crippen LogP contribution in [0.3, 0.4) is 0 Å². The maximum absolute atomic E-state index is 11.0. The fourth-order valence-electron chi connectivity index (χ4n) is 2.53. The average Bonchev–Trinajstić information content (AvgIpc) is 2.89. The van der Waals surface area contributed by atoms with Crippen LogP contribution < -0.4 is 14.4 Å². The number of rotatable bonds is 4. The second kappa shape index (κ2) is 5.55. The molecule has 1 aliphatic rings. The third kappa shape index (κ3) is 2.54. The Morgan fingerprint density at radius 3 is 2.91 bits per heavy atom. The summed E-state index contributed by atoms with van der Waals surface area (Å²) in [5.74, 6) is 1.68. The number of anilines is 1. The van der Waals surface area contributed by atoms with Crippen LogP contribution in [0.4, 0.5) is 11.6 Å². The Bertz CT molecular complexity index is 700. The third-order valence-electron chi connectivity index (χ3n) is 3.47. The maximum Gasteiger partial charge on any atom is 0.406 e. The van der Waals surface area contributed by atoms with Crippen molar-refractivity contribution in [2.75, 3.05) is 25.1 Å². The molecular formula is C14H16N4O4. The van der Waals surface area contributed by atoms with Gasteiger partial charge in [-0.15, -0.1) is 0 Å². The number of benzene rings is 1. The van der Waals surface area contributed by atoms with E-state index in [1.54, 1.807) is 23.6 Å². The van der Waals surface area contributed by atoms with E-state index in [4.69, 9.17) is 9.47 Å². The lowest BCUT2D eigenvalue weighted by molar-refractivity contribution is -0.388. The first-order valence-electron chi connectivity index (χ1n) is 6.81. The fourth-order valence-corrected chi connectivity index (χ4v) is 2.53. The highest BCUT2D eigenvalue weighted by Gasteiger charge is 2.28. The van der Waals surface area contributed by atoms with Crippen LogP contribution in [-0.2, 0) is 7.05 Å². The largest absolute Gasteiger partial charge is 0.486 e. The molecule has 1 aromatic heterocycles. The summed E-state index contributed by atoms with van der Waals surface area (Å²) in [6.45, 7) is 0.849. The van der Waals surface area contributed by atoms with Crippen molar-refractivity contribution in [1.29, 1.82) is 0 Å². The number of aryl methyl sites for hydroxylation is 1. The summed E-state index contributed by atoms with van der Waals surface area (Å²) < 4.78 is 13.1. The number of likely N-dealkylation sites (N-methyl/N-ethyl adjacent to an activating group) is 1. The Morgan fingerprint density at radius 1 is 1.45 bits per heavy atom.